The Bertz CT molecular complexity index is 465. The second-order valence-electron chi connectivity index (χ2n) is 6.65. The van der Waals surface area contributed by atoms with Crippen LogP contribution in [0.1, 0.15) is 24.8 Å². The lowest BCUT2D eigenvalue weighted by Gasteiger charge is -2.22. The summed E-state index contributed by atoms with van der Waals surface area (Å²) in [5, 5.41) is 0. The summed E-state index contributed by atoms with van der Waals surface area (Å²) in [6, 6.07) is 10.1. The minimum Gasteiger partial charge on any atom is -0.377 e. The number of hydrogen-bond donors (Lipinski definition) is 0. The van der Waals surface area contributed by atoms with Gasteiger partial charge in [0.05, 0.1) is 72.7 Å². The molecule has 1 heterocycles. The molecule has 0 aliphatic carbocycles. The highest BCUT2D eigenvalue weighted by Crippen LogP contribution is 2.13. The number of hydrogen-bond acceptors (Lipinski definition) is 7. The first kappa shape index (κ1) is 24.2. The molecule has 0 bridgehead atoms. The van der Waals surface area contributed by atoms with Crippen LogP contribution in [0.3, 0.4) is 0 Å². The molecule has 0 spiro atoms. The Labute approximate surface area is 174 Å². The van der Waals surface area contributed by atoms with Gasteiger partial charge in [0.1, 0.15) is 0 Å². The fourth-order valence-electron chi connectivity index (χ4n) is 2.73. The Balaban J connectivity index is 1.21. The van der Waals surface area contributed by atoms with E-state index in [0.717, 1.165) is 19.4 Å². The van der Waals surface area contributed by atoms with Gasteiger partial charge in [-0.15, -0.1) is 0 Å². The van der Waals surface area contributed by atoms with Gasteiger partial charge in [0.2, 0.25) is 0 Å². The molecule has 0 amide bonds. The molecule has 1 saturated heterocycles. The van der Waals surface area contributed by atoms with E-state index in [0.29, 0.717) is 72.7 Å². The lowest BCUT2D eigenvalue weighted by Crippen LogP contribution is -2.24. The van der Waals surface area contributed by atoms with E-state index in [1.54, 1.807) is 0 Å². The molecule has 0 radical (unpaired) electrons. The highest BCUT2D eigenvalue weighted by atomic mass is 16.7. The van der Waals surface area contributed by atoms with Crippen molar-refractivity contribution in [2.75, 3.05) is 72.7 Å². The van der Waals surface area contributed by atoms with Crippen molar-refractivity contribution in [3.8, 4) is 0 Å². The molecular weight excluding hydrogens is 376 g/mol. The number of rotatable bonds is 18. The smallest absolute Gasteiger partial charge is 0.157 e. The maximum atomic E-state index is 5.59. The van der Waals surface area contributed by atoms with E-state index in [4.69, 9.17) is 33.2 Å². The quantitative estimate of drug-likeness (QED) is 0.344. The molecule has 2 rings (SSSR count). The molecule has 1 aromatic rings. The van der Waals surface area contributed by atoms with Crippen molar-refractivity contribution in [3.63, 3.8) is 0 Å². The van der Waals surface area contributed by atoms with E-state index in [9.17, 15) is 0 Å². The van der Waals surface area contributed by atoms with Crippen molar-refractivity contribution < 1.29 is 33.2 Å². The van der Waals surface area contributed by atoms with Gasteiger partial charge in [-0.2, -0.15) is 0 Å². The van der Waals surface area contributed by atoms with Gasteiger partial charge >= 0.3 is 0 Å². The van der Waals surface area contributed by atoms with Crippen molar-refractivity contribution in [2.24, 2.45) is 0 Å². The highest BCUT2D eigenvalue weighted by Gasteiger charge is 2.13. The van der Waals surface area contributed by atoms with E-state index >= 15 is 0 Å². The summed E-state index contributed by atoms with van der Waals surface area (Å²) >= 11 is 0. The molecule has 1 aliphatic rings. The van der Waals surface area contributed by atoms with E-state index in [-0.39, 0.29) is 6.29 Å². The highest BCUT2D eigenvalue weighted by molar-refractivity contribution is 5.13. The van der Waals surface area contributed by atoms with Crippen LogP contribution in [0.15, 0.2) is 30.3 Å². The maximum Gasteiger partial charge on any atom is 0.157 e. The Kier molecular flexibility index (Phi) is 14.8. The van der Waals surface area contributed by atoms with Crippen LogP contribution >= 0.6 is 0 Å². The Hall–Kier alpha value is -1.06. The zero-order valence-electron chi connectivity index (χ0n) is 17.4. The first-order valence-corrected chi connectivity index (χ1v) is 10.6. The number of benzene rings is 1. The van der Waals surface area contributed by atoms with Crippen LogP contribution in [0.4, 0.5) is 0 Å². The van der Waals surface area contributed by atoms with Crippen LogP contribution in [0.5, 0.6) is 0 Å². The van der Waals surface area contributed by atoms with Crippen molar-refractivity contribution in [1.29, 1.82) is 0 Å². The van der Waals surface area contributed by atoms with Crippen molar-refractivity contribution >= 4 is 0 Å². The van der Waals surface area contributed by atoms with Crippen LogP contribution in [0.25, 0.3) is 0 Å². The number of ether oxygens (including phenoxy) is 7. The summed E-state index contributed by atoms with van der Waals surface area (Å²) in [5.41, 5.74) is 1.17. The van der Waals surface area contributed by atoms with Gasteiger partial charge in [-0.3, -0.25) is 0 Å². The molecular formula is C22H36O7. The third-order valence-corrected chi connectivity index (χ3v) is 4.27. The normalized spacial score (nSPS) is 16.9. The van der Waals surface area contributed by atoms with Gasteiger partial charge in [0.25, 0.3) is 0 Å². The molecule has 1 fully saturated rings. The summed E-state index contributed by atoms with van der Waals surface area (Å²) in [5.74, 6) is 0. The van der Waals surface area contributed by atoms with Gasteiger partial charge in [-0.05, 0) is 24.8 Å². The van der Waals surface area contributed by atoms with E-state index < -0.39 is 0 Å². The van der Waals surface area contributed by atoms with Gasteiger partial charge in [-0.25, -0.2) is 0 Å². The molecule has 166 valence electrons. The molecule has 0 aromatic heterocycles. The van der Waals surface area contributed by atoms with Gasteiger partial charge in [-0.1, -0.05) is 30.3 Å². The molecule has 7 heteroatoms. The van der Waals surface area contributed by atoms with Crippen LogP contribution < -0.4 is 0 Å². The summed E-state index contributed by atoms with van der Waals surface area (Å²) in [6.45, 7) is 7.02. The second kappa shape index (κ2) is 17.8. The topological polar surface area (TPSA) is 64.6 Å². The predicted molar refractivity (Wildman–Crippen MR) is 109 cm³/mol. The lowest BCUT2D eigenvalue weighted by molar-refractivity contribution is -0.169. The Morgan fingerprint density at radius 3 is 1.76 bits per heavy atom. The van der Waals surface area contributed by atoms with Crippen LogP contribution in [-0.4, -0.2) is 79.0 Å². The van der Waals surface area contributed by atoms with Crippen LogP contribution in [0, 0.1) is 0 Å². The monoisotopic (exact) mass is 412 g/mol. The maximum absolute atomic E-state index is 5.59. The molecule has 1 aliphatic heterocycles. The Morgan fingerprint density at radius 2 is 1.21 bits per heavy atom. The molecule has 0 unspecified atom stereocenters. The average molecular weight is 413 g/mol. The molecule has 0 N–H and O–H groups in total. The third-order valence-electron chi connectivity index (χ3n) is 4.27. The average Bonchev–Trinajstić information content (AvgIpc) is 2.77. The van der Waals surface area contributed by atoms with Crippen LogP contribution in [-0.2, 0) is 39.8 Å². The third kappa shape index (κ3) is 13.7. The van der Waals surface area contributed by atoms with Gasteiger partial charge < -0.3 is 33.2 Å². The SMILES string of the molecule is c1ccc(COCCOCCOCCOCCOCCO[C@@H]2CCCCO2)cc1. The molecule has 29 heavy (non-hydrogen) atoms. The molecule has 1 atom stereocenters. The van der Waals surface area contributed by atoms with E-state index in [1.165, 1.54) is 12.0 Å². The summed E-state index contributed by atoms with van der Waals surface area (Å²) in [4.78, 5) is 0. The molecule has 1 aromatic carbocycles. The fraction of sp³-hybridized carbons (Fsp3) is 0.727. The zero-order chi connectivity index (χ0) is 20.2. The first-order valence-electron chi connectivity index (χ1n) is 10.6. The van der Waals surface area contributed by atoms with E-state index in [2.05, 4.69) is 0 Å². The summed E-state index contributed by atoms with van der Waals surface area (Å²) in [7, 11) is 0. The van der Waals surface area contributed by atoms with E-state index in [1.807, 2.05) is 30.3 Å². The van der Waals surface area contributed by atoms with Crippen molar-refractivity contribution in [3.05, 3.63) is 35.9 Å². The predicted octanol–water partition coefficient (Wildman–Crippen LogP) is 2.81. The molecule has 7 nitrogen and oxygen atoms in total. The largest absolute Gasteiger partial charge is 0.377 e. The summed E-state index contributed by atoms with van der Waals surface area (Å²) in [6.07, 6.45) is 3.24. The standard InChI is InChI=1S/C22H36O7/c1-2-6-21(7-3-1)20-27-17-16-25-13-12-23-10-11-24-14-15-26-18-19-29-22-8-4-5-9-28-22/h1-3,6-7,22H,4-5,8-20H2/t22-/m1/s1. The zero-order valence-corrected chi connectivity index (χ0v) is 17.4. The Morgan fingerprint density at radius 1 is 0.655 bits per heavy atom. The molecule has 0 saturated carbocycles. The van der Waals surface area contributed by atoms with Gasteiger partial charge in [0, 0.05) is 6.61 Å². The minimum atomic E-state index is -0.0495. The second-order valence-corrected chi connectivity index (χ2v) is 6.65. The van der Waals surface area contributed by atoms with Gasteiger partial charge in [0.15, 0.2) is 6.29 Å². The summed E-state index contributed by atoms with van der Waals surface area (Å²) < 4.78 is 38.5. The van der Waals surface area contributed by atoms with Crippen LogP contribution in [0.2, 0.25) is 0 Å². The van der Waals surface area contributed by atoms with Crippen molar-refractivity contribution in [2.45, 2.75) is 32.2 Å². The lowest BCUT2D eigenvalue weighted by atomic mass is 10.2. The minimum absolute atomic E-state index is 0.0495. The van der Waals surface area contributed by atoms with Crippen molar-refractivity contribution in [1.82, 2.24) is 0 Å². The fourth-order valence-corrected chi connectivity index (χ4v) is 2.73. The first-order chi connectivity index (χ1) is 14.4.